The first-order chi connectivity index (χ1) is 8.20. The summed E-state index contributed by atoms with van der Waals surface area (Å²) in [5.74, 6) is -0.112. The van der Waals surface area contributed by atoms with Crippen molar-refractivity contribution in [1.29, 1.82) is 0 Å². The van der Waals surface area contributed by atoms with Gasteiger partial charge in [0.25, 0.3) is 0 Å². The molecule has 92 valence electrons. The Balaban J connectivity index is 1.87. The summed E-state index contributed by atoms with van der Waals surface area (Å²) in [7, 11) is 0. The van der Waals surface area contributed by atoms with Crippen LogP contribution in [-0.2, 0) is 4.79 Å². The second-order valence-corrected chi connectivity index (χ2v) is 4.72. The van der Waals surface area contributed by atoms with Gasteiger partial charge in [0.15, 0.2) is 0 Å². The molecule has 1 aliphatic heterocycles. The fourth-order valence-corrected chi connectivity index (χ4v) is 2.48. The van der Waals surface area contributed by atoms with Gasteiger partial charge in [0.05, 0.1) is 6.42 Å². The first kappa shape index (κ1) is 12.1. The van der Waals surface area contributed by atoms with E-state index in [-0.39, 0.29) is 12.5 Å². The van der Waals surface area contributed by atoms with Gasteiger partial charge in [-0.3, -0.25) is 9.69 Å². The summed E-state index contributed by atoms with van der Waals surface area (Å²) in [5, 5.41) is 8.84. The molecule has 1 saturated heterocycles. The fourth-order valence-electron chi connectivity index (χ4n) is 2.48. The van der Waals surface area contributed by atoms with Crippen molar-refractivity contribution < 1.29 is 9.90 Å². The van der Waals surface area contributed by atoms with Crippen molar-refractivity contribution in [3.63, 3.8) is 0 Å². The number of aliphatic carboxylic acids is 1. The lowest BCUT2D eigenvalue weighted by molar-refractivity contribution is -0.139. The quantitative estimate of drug-likeness (QED) is 0.848. The fraction of sp³-hybridized carbons (Fsp3) is 0.500. The molecule has 1 heterocycles. The van der Waals surface area contributed by atoms with E-state index in [0.29, 0.717) is 5.92 Å². The van der Waals surface area contributed by atoms with Crippen LogP contribution < -0.4 is 0 Å². The number of benzene rings is 1. The molecule has 1 fully saturated rings. The summed E-state index contributed by atoms with van der Waals surface area (Å²) in [6.45, 7) is 4.05. The highest BCUT2D eigenvalue weighted by Crippen LogP contribution is 2.30. The van der Waals surface area contributed by atoms with E-state index >= 15 is 0 Å². The van der Waals surface area contributed by atoms with E-state index in [2.05, 4.69) is 36.1 Å². The largest absolute Gasteiger partial charge is 0.481 e. The number of carboxylic acids is 1. The van der Waals surface area contributed by atoms with E-state index in [1.165, 1.54) is 5.56 Å². The molecular formula is C14H19NO2. The molecule has 1 aromatic carbocycles. The van der Waals surface area contributed by atoms with E-state index in [4.69, 9.17) is 5.11 Å². The molecule has 0 radical (unpaired) electrons. The van der Waals surface area contributed by atoms with Gasteiger partial charge in [0, 0.05) is 25.0 Å². The van der Waals surface area contributed by atoms with Crippen molar-refractivity contribution in [3.05, 3.63) is 35.9 Å². The summed E-state index contributed by atoms with van der Waals surface area (Å²) in [6.07, 6.45) is 1.17. The predicted molar refractivity (Wildman–Crippen MR) is 67.1 cm³/mol. The van der Waals surface area contributed by atoms with Crippen LogP contribution in [0.5, 0.6) is 0 Å². The number of carboxylic acid groups (broad SMARTS) is 1. The van der Waals surface area contributed by atoms with Gasteiger partial charge >= 0.3 is 5.97 Å². The smallest absolute Gasteiger partial charge is 0.304 e. The molecule has 3 nitrogen and oxygen atoms in total. The maximum atomic E-state index is 10.7. The van der Waals surface area contributed by atoms with Crippen molar-refractivity contribution in [2.45, 2.75) is 31.7 Å². The zero-order valence-electron chi connectivity index (χ0n) is 10.2. The first-order valence-corrected chi connectivity index (χ1v) is 6.21. The summed E-state index contributed by atoms with van der Waals surface area (Å²) >= 11 is 0. The molecule has 0 saturated carbocycles. The van der Waals surface area contributed by atoms with Crippen molar-refractivity contribution >= 4 is 5.97 Å². The lowest BCUT2D eigenvalue weighted by Crippen LogP contribution is -2.51. The second-order valence-electron chi connectivity index (χ2n) is 4.72. The summed E-state index contributed by atoms with van der Waals surface area (Å²) in [4.78, 5) is 13.0. The standard InChI is InChI=1S/C14H19NO2/c1-2-13(8-14(16)17)15-9-12(10-15)11-6-4-3-5-7-11/h3-7,12-13H,2,8-10H2,1H3,(H,16,17). The van der Waals surface area contributed by atoms with Crippen molar-refractivity contribution in [1.82, 2.24) is 4.90 Å². The number of nitrogens with zero attached hydrogens (tertiary/aromatic N) is 1. The maximum absolute atomic E-state index is 10.7. The van der Waals surface area contributed by atoms with E-state index in [1.807, 2.05) is 6.07 Å². The van der Waals surface area contributed by atoms with Crippen LogP contribution in [0.3, 0.4) is 0 Å². The highest BCUT2D eigenvalue weighted by atomic mass is 16.4. The van der Waals surface area contributed by atoms with E-state index < -0.39 is 5.97 Å². The van der Waals surface area contributed by atoms with Crippen LogP contribution in [0.1, 0.15) is 31.2 Å². The molecule has 0 bridgehead atoms. The lowest BCUT2D eigenvalue weighted by Gasteiger charge is -2.44. The molecule has 1 atom stereocenters. The zero-order valence-corrected chi connectivity index (χ0v) is 10.2. The van der Waals surface area contributed by atoms with Crippen LogP contribution in [-0.4, -0.2) is 35.1 Å². The van der Waals surface area contributed by atoms with Gasteiger partial charge in [-0.05, 0) is 12.0 Å². The van der Waals surface area contributed by atoms with Crippen LogP contribution >= 0.6 is 0 Å². The minimum atomic E-state index is -0.694. The molecule has 0 amide bonds. The molecule has 17 heavy (non-hydrogen) atoms. The summed E-state index contributed by atoms with van der Waals surface area (Å²) < 4.78 is 0. The topological polar surface area (TPSA) is 40.5 Å². The van der Waals surface area contributed by atoms with Gasteiger partial charge in [0.2, 0.25) is 0 Å². The number of carbonyl (C=O) groups is 1. The Labute approximate surface area is 102 Å². The minimum absolute atomic E-state index is 0.201. The zero-order chi connectivity index (χ0) is 12.3. The SMILES string of the molecule is CCC(CC(=O)O)N1CC(c2ccccc2)C1. The Hall–Kier alpha value is -1.35. The molecule has 0 spiro atoms. The van der Waals surface area contributed by atoms with Gasteiger partial charge in [-0.2, -0.15) is 0 Å². The van der Waals surface area contributed by atoms with Crippen molar-refractivity contribution in [3.8, 4) is 0 Å². The Morgan fingerprint density at radius 1 is 1.41 bits per heavy atom. The number of likely N-dealkylation sites (tertiary alicyclic amines) is 1. The Morgan fingerprint density at radius 3 is 2.59 bits per heavy atom. The highest BCUT2D eigenvalue weighted by molar-refractivity contribution is 5.67. The van der Waals surface area contributed by atoms with Crippen LogP contribution in [0.2, 0.25) is 0 Å². The van der Waals surface area contributed by atoms with E-state index in [9.17, 15) is 4.79 Å². The molecule has 1 unspecified atom stereocenters. The second kappa shape index (κ2) is 5.32. The van der Waals surface area contributed by atoms with Gasteiger partial charge in [-0.1, -0.05) is 37.3 Å². The van der Waals surface area contributed by atoms with Gasteiger partial charge < -0.3 is 5.11 Å². The van der Waals surface area contributed by atoms with E-state index in [0.717, 1.165) is 19.5 Å². The normalized spacial score (nSPS) is 18.6. The van der Waals surface area contributed by atoms with Gasteiger partial charge in [-0.25, -0.2) is 0 Å². The highest BCUT2D eigenvalue weighted by Gasteiger charge is 2.33. The molecule has 3 heteroatoms. The molecule has 0 aromatic heterocycles. The maximum Gasteiger partial charge on any atom is 0.304 e. The van der Waals surface area contributed by atoms with Crippen LogP contribution in [0.15, 0.2) is 30.3 Å². The molecule has 0 aliphatic carbocycles. The third-order valence-electron chi connectivity index (χ3n) is 3.58. The third-order valence-corrected chi connectivity index (χ3v) is 3.58. The first-order valence-electron chi connectivity index (χ1n) is 6.21. The van der Waals surface area contributed by atoms with Gasteiger partial charge in [0.1, 0.15) is 0 Å². The average molecular weight is 233 g/mol. The number of hydrogen-bond acceptors (Lipinski definition) is 2. The number of hydrogen-bond donors (Lipinski definition) is 1. The Kier molecular flexibility index (Phi) is 3.79. The monoisotopic (exact) mass is 233 g/mol. The summed E-state index contributed by atoms with van der Waals surface area (Å²) in [6, 6.07) is 10.7. The molecular weight excluding hydrogens is 214 g/mol. The average Bonchev–Trinajstić information content (AvgIpc) is 2.26. The molecule has 1 aliphatic rings. The van der Waals surface area contributed by atoms with E-state index in [1.54, 1.807) is 0 Å². The van der Waals surface area contributed by atoms with Crippen molar-refractivity contribution in [2.24, 2.45) is 0 Å². The molecule has 1 aromatic rings. The van der Waals surface area contributed by atoms with Crippen LogP contribution in [0.25, 0.3) is 0 Å². The van der Waals surface area contributed by atoms with Crippen molar-refractivity contribution in [2.75, 3.05) is 13.1 Å². The number of rotatable bonds is 5. The Morgan fingerprint density at radius 2 is 2.06 bits per heavy atom. The summed E-state index contributed by atoms with van der Waals surface area (Å²) in [5.41, 5.74) is 1.37. The van der Waals surface area contributed by atoms with Crippen LogP contribution in [0, 0.1) is 0 Å². The predicted octanol–water partition coefficient (Wildman–Crippen LogP) is 2.34. The van der Waals surface area contributed by atoms with Crippen LogP contribution in [0.4, 0.5) is 0 Å². The Bertz CT molecular complexity index is 371. The lowest BCUT2D eigenvalue weighted by atomic mass is 9.89. The van der Waals surface area contributed by atoms with Gasteiger partial charge in [-0.15, -0.1) is 0 Å². The molecule has 2 rings (SSSR count). The molecule has 1 N–H and O–H groups in total. The third kappa shape index (κ3) is 2.86. The minimum Gasteiger partial charge on any atom is -0.481 e.